The average molecular weight is 287 g/mol. The van der Waals surface area contributed by atoms with Crippen LogP contribution in [0, 0.1) is 12.8 Å². The number of carboxylic acid groups (broad SMARTS) is 1. The minimum Gasteiger partial charge on any atom is -0.497 e. The van der Waals surface area contributed by atoms with Crippen LogP contribution in [0.4, 0.5) is 0 Å². The fraction of sp³-hybridized carbons (Fsp3) is 0.375. The Morgan fingerprint density at radius 2 is 2.14 bits per heavy atom. The largest absolute Gasteiger partial charge is 0.497 e. The van der Waals surface area contributed by atoms with Gasteiger partial charge in [-0.05, 0) is 37.8 Å². The van der Waals surface area contributed by atoms with E-state index in [-0.39, 0.29) is 5.56 Å². The molecule has 0 spiro atoms. The summed E-state index contributed by atoms with van der Waals surface area (Å²) in [7, 11) is 1.57. The van der Waals surface area contributed by atoms with Crippen LogP contribution < -0.4 is 10.2 Å². The van der Waals surface area contributed by atoms with Crippen molar-refractivity contribution >= 4 is 16.9 Å². The van der Waals surface area contributed by atoms with E-state index in [2.05, 4.69) is 0 Å². The van der Waals surface area contributed by atoms with Gasteiger partial charge in [-0.3, -0.25) is 4.79 Å². The Morgan fingerprint density at radius 3 is 2.71 bits per heavy atom. The predicted octanol–water partition coefficient (Wildman–Crippen LogP) is 2.43. The predicted molar refractivity (Wildman–Crippen MR) is 79.2 cm³/mol. The highest BCUT2D eigenvalue weighted by atomic mass is 16.5. The Labute approximate surface area is 121 Å². The van der Waals surface area contributed by atoms with Crippen LogP contribution in [0.25, 0.3) is 10.9 Å². The van der Waals surface area contributed by atoms with Gasteiger partial charge in [0.1, 0.15) is 11.3 Å². The van der Waals surface area contributed by atoms with Gasteiger partial charge in [0.05, 0.1) is 12.6 Å². The molecule has 0 bridgehead atoms. The molecule has 1 N–H and O–H groups in total. The zero-order valence-electron chi connectivity index (χ0n) is 12.0. The number of nitrogens with zero attached hydrogens (tertiary/aromatic N) is 1. The van der Waals surface area contributed by atoms with E-state index in [1.165, 1.54) is 0 Å². The summed E-state index contributed by atoms with van der Waals surface area (Å²) in [6.45, 7) is 2.45. The van der Waals surface area contributed by atoms with E-state index in [4.69, 9.17) is 4.74 Å². The van der Waals surface area contributed by atoms with Crippen LogP contribution in [-0.2, 0) is 6.54 Å². The average Bonchev–Trinajstić information content (AvgIpc) is 3.26. The molecule has 0 atom stereocenters. The van der Waals surface area contributed by atoms with Gasteiger partial charge in [-0.15, -0.1) is 0 Å². The van der Waals surface area contributed by atoms with Crippen molar-refractivity contribution in [2.24, 2.45) is 5.92 Å². The third kappa shape index (κ3) is 2.28. The molecule has 1 aliphatic carbocycles. The van der Waals surface area contributed by atoms with Crippen LogP contribution in [0.1, 0.15) is 28.9 Å². The van der Waals surface area contributed by atoms with Crippen molar-refractivity contribution in [3.05, 3.63) is 39.7 Å². The molecule has 1 aliphatic rings. The van der Waals surface area contributed by atoms with Crippen molar-refractivity contribution in [3.8, 4) is 5.75 Å². The summed E-state index contributed by atoms with van der Waals surface area (Å²) in [5, 5.41) is 9.77. The lowest BCUT2D eigenvalue weighted by Gasteiger charge is -2.17. The Bertz CT molecular complexity index is 787. The van der Waals surface area contributed by atoms with Crippen LogP contribution in [0.2, 0.25) is 0 Å². The lowest BCUT2D eigenvalue weighted by atomic mass is 10.1. The molecule has 1 saturated carbocycles. The number of pyridine rings is 1. The van der Waals surface area contributed by atoms with Gasteiger partial charge < -0.3 is 14.4 Å². The second kappa shape index (κ2) is 4.91. The van der Waals surface area contributed by atoms with Crippen LogP contribution in [0.15, 0.2) is 23.0 Å². The number of aromatic carboxylic acids is 1. The third-order valence-electron chi connectivity index (χ3n) is 4.09. The molecule has 3 rings (SSSR count). The van der Waals surface area contributed by atoms with Crippen molar-refractivity contribution in [2.75, 3.05) is 7.11 Å². The molecule has 5 heteroatoms. The fourth-order valence-corrected chi connectivity index (χ4v) is 2.71. The molecule has 1 heterocycles. The molecule has 5 nitrogen and oxygen atoms in total. The second-order valence-electron chi connectivity index (χ2n) is 5.53. The van der Waals surface area contributed by atoms with E-state index in [1.54, 1.807) is 32.2 Å². The van der Waals surface area contributed by atoms with Crippen molar-refractivity contribution in [2.45, 2.75) is 26.3 Å². The number of ether oxygens (including phenoxy) is 1. The Balaban J connectivity index is 2.36. The molecule has 1 aromatic heterocycles. The lowest BCUT2D eigenvalue weighted by Crippen LogP contribution is -2.23. The highest BCUT2D eigenvalue weighted by molar-refractivity contribution is 5.94. The maximum Gasteiger partial charge on any atom is 0.341 e. The molecule has 1 aromatic carbocycles. The monoisotopic (exact) mass is 287 g/mol. The number of carbonyl (C=O) groups is 1. The number of methoxy groups -OCH3 is 1. The minimum atomic E-state index is -1.17. The standard InChI is InChI=1S/C16H17NO4/c1-9-14(16(19)20)15(18)12-6-5-11(21-2)7-13(12)17(9)8-10-3-4-10/h5-7,10H,3-4,8H2,1-2H3,(H,19,20). The van der Waals surface area contributed by atoms with Gasteiger partial charge >= 0.3 is 5.97 Å². The first-order valence-corrected chi connectivity index (χ1v) is 6.97. The van der Waals surface area contributed by atoms with Gasteiger partial charge in [0, 0.05) is 23.7 Å². The number of benzene rings is 1. The zero-order chi connectivity index (χ0) is 15.1. The van der Waals surface area contributed by atoms with Crippen LogP contribution in [0.5, 0.6) is 5.75 Å². The highest BCUT2D eigenvalue weighted by Crippen LogP contribution is 2.33. The third-order valence-corrected chi connectivity index (χ3v) is 4.09. The molecular formula is C16H17NO4. The molecule has 2 aromatic rings. The van der Waals surface area contributed by atoms with Crippen molar-refractivity contribution in [3.63, 3.8) is 0 Å². The van der Waals surface area contributed by atoms with E-state index < -0.39 is 11.4 Å². The van der Waals surface area contributed by atoms with Gasteiger partial charge in [0.25, 0.3) is 0 Å². The first kappa shape index (κ1) is 13.7. The van der Waals surface area contributed by atoms with Crippen LogP contribution >= 0.6 is 0 Å². The summed E-state index contributed by atoms with van der Waals surface area (Å²) < 4.78 is 7.17. The fourth-order valence-electron chi connectivity index (χ4n) is 2.71. The first-order chi connectivity index (χ1) is 10.0. The van der Waals surface area contributed by atoms with E-state index in [1.807, 2.05) is 4.57 Å². The zero-order valence-corrected chi connectivity index (χ0v) is 12.0. The van der Waals surface area contributed by atoms with Gasteiger partial charge in [-0.1, -0.05) is 0 Å². The van der Waals surface area contributed by atoms with E-state index in [9.17, 15) is 14.7 Å². The molecule has 0 aliphatic heterocycles. The summed E-state index contributed by atoms with van der Waals surface area (Å²) in [4.78, 5) is 23.8. The Hall–Kier alpha value is -2.30. The quantitative estimate of drug-likeness (QED) is 0.937. The minimum absolute atomic E-state index is 0.131. The van der Waals surface area contributed by atoms with Crippen molar-refractivity contribution in [1.29, 1.82) is 0 Å². The summed E-state index contributed by atoms with van der Waals surface area (Å²) >= 11 is 0. The molecule has 110 valence electrons. The van der Waals surface area contributed by atoms with E-state index in [0.29, 0.717) is 22.7 Å². The van der Waals surface area contributed by atoms with Gasteiger partial charge in [-0.2, -0.15) is 0 Å². The lowest BCUT2D eigenvalue weighted by molar-refractivity contribution is 0.0694. The Morgan fingerprint density at radius 1 is 1.43 bits per heavy atom. The highest BCUT2D eigenvalue weighted by Gasteiger charge is 2.26. The summed E-state index contributed by atoms with van der Waals surface area (Å²) in [6, 6.07) is 5.13. The van der Waals surface area contributed by atoms with Crippen molar-refractivity contribution in [1.82, 2.24) is 4.57 Å². The van der Waals surface area contributed by atoms with Crippen molar-refractivity contribution < 1.29 is 14.6 Å². The summed E-state index contributed by atoms with van der Waals surface area (Å²) in [6.07, 6.45) is 2.30. The maximum atomic E-state index is 12.4. The van der Waals surface area contributed by atoms with Gasteiger partial charge in [0.2, 0.25) is 5.43 Å². The van der Waals surface area contributed by atoms with E-state index >= 15 is 0 Å². The van der Waals surface area contributed by atoms with E-state index in [0.717, 1.165) is 24.9 Å². The smallest absolute Gasteiger partial charge is 0.341 e. The second-order valence-corrected chi connectivity index (χ2v) is 5.53. The number of carboxylic acids is 1. The molecule has 1 fully saturated rings. The van der Waals surface area contributed by atoms with Crippen LogP contribution in [0.3, 0.4) is 0 Å². The molecular weight excluding hydrogens is 270 g/mol. The SMILES string of the molecule is COc1ccc2c(=O)c(C(=O)O)c(C)n(CC3CC3)c2c1. The molecule has 0 amide bonds. The maximum absolute atomic E-state index is 12.4. The molecule has 0 unspecified atom stereocenters. The molecule has 0 saturated heterocycles. The molecule has 21 heavy (non-hydrogen) atoms. The molecule has 0 radical (unpaired) electrons. The summed E-state index contributed by atoms with van der Waals surface area (Å²) in [5.41, 5.74) is 0.701. The van der Waals surface area contributed by atoms with Crippen LogP contribution in [-0.4, -0.2) is 22.8 Å². The number of aromatic nitrogens is 1. The number of rotatable bonds is 4. The van der Waals surface area contributed by atoms with Gasteiger partial charge in [-0.25, -0.2) is 4.79 Å². The summed E-state index contributed by atoms with van der Waals surface area (Å²) in [5.74, 6) is 0.0657. The van der Waals surface area contributed by atoms with Gasteiger partial charge in [0.15, 0.2) is 0 Å². The Kier molecular flexibility index (Phi) is 3.20. The number of fused-ring (bicyclic) bond motifs is 1. The number of hydrogen-bond donors (Lipinski definition) is 1. The first-order valence-electron chi connectivity index (χ1n) is 6.97. The topological polar surface area (TPSA) is 68.5 Å². The normalized spacial score (nSPS) is 14.4. The number of hydrogen-bond acceptors (Lipinski definition) is 3.